The lowest BCUT2D eigenvalue weighted by Gasteiger charge is -2.29. The molecule has 0 aromatic carbocycles. The second-order valence-corrected chi connectivity index (χ2v) is 6.61. The molecule has 5 heteroatoms. The molecule has 1 saturated heterocycles. The largest absolute Gasteiger partial charge is 0.311 e. The standard InChI is InChI=1S/C11H19N3S2/c1-11(2,10-13-4-6-16-10)14-7-9-8-15-5-3-12-9/h4,6,9,12,14H,3,5,7-8H2,1-2H3. The Kier molecular flexibility index (Phi) is 4.24. The van der Waals surface area contributed by atoms with Crippen LogP contribution in [0.3, 0.4) is 0 Å². The Labute approximate surface area is 105 Å². The fourth-order valence-electron chi connectivity index (χ4n) is 1.74. The van der Waals surface area contributed by atoms with Gasteiger partial charge in [0.05, 0.1) is 5.54 Å². The zero-order valence-electron chi connectivity index (χ0n) is 9.82. The normalized spacial score (nSPS) is 22.2. The molecule has 16 heavy (non-hydrogen) atoms. The Bertz CT molecular complexity index is 305. The molecule has 1 aliphatic rings. The fraction of sp³-hybridized carbons (Fsp3) is 0.727. The van der Waals surface area contributed by atoms with Crippen LogP contribution in [0.5, 0.6) is 0 Å². The van der Waals surface area contributed by atoms with Gasteiger partial charge < -0.3 is 10.6 Å². The minimum absolute atomic E-state index is 0.0159. The molecule has 1 atom stereocenters. The van der Waals surface area contributed by atoms with Crippen LogP contribution in [0, 0.1) is 0 Å². The molecule has 0 spiro atoms. The van der Waals surface area contributed by atoms with Gasteiger partial charge in [0, 0.05) is 42.2 Å². The molecule has 0 saturated carbocycles. The van der Waals surface area contributed by atoms with Gasteiger partial charge in [0.1, 0.15) is 5.01 Å². The average Bonchev–Trinajstić information content (AvgIpc) is 2.82. The summed E-state index contributed by atoms with van der Waals surface area (Å²) in [7, 11) is 0. The number of nitrogens with zero attached hydrogens (tertiary/aromatic N) is 1. The van der Waals surface area contributed by atoms with Crippen molar-refractivity contribution in [3.63, 3.8) is 0 Å². The van der Waals surface area contributed by atoms with Gasteiger partial charge in [-0.25, -0.2) is 4.98 Å². The molecule has 3 nitrogen and oxygen atoms in total. The molecule has 1 aliphatic heterocycles. The van der Waals surface area contributed by atoms with Gasteiger partial charge in [-0.15, -0.1) is 11.3 Å². The quantitative estimate of drug-likeness (QED) is 0.860. The summed E-state index contributed by atoms with van der Waals surface area (Å²) >= 11 is 3.75. The van der Waals surface area contributed by atoms with Crippen molar-refractivity contribution < 1.29 is 0 Å². The lowest BCUT2D eigenvalue weighted by Crippen LogP contribution is -2.49. The van der Waals surface area contributed by atoms with Gasteiger partial charge in [-0.2, -0.15) is 11.8 Å². The Hall–Kier alpha value is -0.100. The van der Waals surface area contributed by atoms with Crippen molar-refractivity contribution in [3.05, 3.63) is 16.6 Å². The smallest absolute Gasteiger partial charge is 0.112 e. The maximum Gasteiger partial charge on any atom is 0.112 e. The zero-order chi connectivity index (χ0) is 11.4. The van der Waals surface area contributed by atoms with Crippen molar-refractivity contribution in [1.82, 2.24) is 15.6 Å². The Balaban J connectivity index is 1.84. The summed E-state index contributed by atoms with van der Waals surface area (Å²) < 4.78 is 0. The van der Waals surface area contributed by atoms with Gasteiger partial charge in [-0.1, -0.05) is 0 Å². The van der Waals surface area contributed by atoms with Gasteiger partial charge >= 0.3 is 0 Å². The molecule has 2 N–H and O–H groups in total. The molecule has 0 radical (unpaired) electrons. The monoisotopic (exact) mass is 257 g/mol. The third kappa shape index (κ3) is 3.20. The van der Waals surface area contributed by atoms with E-state index in [9.17, 15) is 0 Å². The number of nitrogens with one attached hydrogen (secondary N) is 2. The van der Waals surface area contributed by atoms with E-state index < -0.39 is 0 Å². The average molecular weight is 257 g/mol. The first kappa shape index (κ1) is 12.4. The number of aromatic nitrogens is 1. The number of hydrogen-bond donors (Lipinski definition) is 2. The van der Waals surface area contributed by atoms with Crippen molar-refractivity contribution in [1.29, 1.82) is 0 Å². The minimum atomic E-state index is -0.0159. The number of thioether (sulfide) groups is 1. The lowest BCUT2D eigenvalue weighted by atomic mass is 10.1. The first-order valence-electron chi connectivity index (χ1n) is 5.64. The molecule has 90 valence electrons. The van der Waals surface area contributed by atoms with Crippen molar-refractivity contribution in [2.75, 3.05) is 24.6 Å². The van der Waals surface area contributed by atoms with Crippen molar-refractivity contribution >= 4 is 23.1 Å². The molecule has 1 unspecified atom stereocenters. The maximum atomic E-state index is 4.38. The summed E-state index contributed by atoms with van der Waals surface area (Å²) in [6, 6.07) is 0.595. The highest BCUT2D eigenvalue weighted by molar-refractivity contribution is 7.99. The molecule has 0 amide bonds. The van der Waals surface area contributed by atoms with Gasteiger partial charge in [-0.05, 0) is 13.8 Å². The van der Waals surface area contributed by atoms with E-state index in [1.807, 2.05) is 23.3 Å². The Morgan fingerprint density at radius 3 is 3.12 bits per heavy atom. The van der Waals surface area contributed by atoms with Crippen LogP contribution in [0.25, 0.3) is 0 Å². The molecule has 2 rings (SSSR count). The zero-order valence-corrected chi connectivity index (χ0v) is 11.5. The number of rotatable bonds is 4. The van der Waals surface area contributed by atoms with Crippen LogP contribution in [0.4, 0.5) is 0 Å². The van der Waals surface area contributed by atoms with E-state index in [1.165, 1.54) is 11.5 Å². The molecular weight excluding hydrogens is 238 g/mol. The van der Waals surface area contributed by atoms with Crippen molar-refractivity contribution in [3.8, 4) is 0 Å². The molecule has 0 bridgehead atoms. The second kappa shape index (κ2) is 5.49. The van der Waals surface area contributed by atoms with E-state index >= 15 is 0 Å². The van der Waals surface area contributed by atoms with Gasteiger partial charge in [0.25, 0.3) is 0 Å². The highest BCUT2D eigenvalue weighted by Gasteiger charge is 2.24. The first-order valence-corrected chi connectivity index (χ1v) is 7.68. The second-order valence-electron chi connectivity index (χ2n) is 4.57. The molecule has 1 fully saturated rings. The molecule has 2 heterocycles. The van der Waals surface area contributed by atoms with Gasteiger partial charge in [-0.3, -0.25) is 0 Å². The van der Waals surface area contributed by atoms with Crippen molar-refractivity contribution in [2.45, 2.75) is 25.4 Å². The van der Waals surface area contributed by atoms with E-state index in [2.05, 4.69) is 29.5 Å². The number of thiazole rings is 1. The van der Waals surface area contributed by atoms with E-state index in [4.69, 9.17) is 0 Å². The third-order valence-electron chi connectivity index (χ3n) is 2.76. The van der Waals surface area contributed by atoms with E-state index in [0.717, 1.165) is 18.1 Å². The summed E-state index contributed by atoms with van der Waals surface area (Å²) in [5.41, 5.74) is -0.0159. The van der Waals surface area contributed by atoms with Crippen LogP contribution in [-0.2, 0) is 5.54 Å². The van der Waals surface area contributed by atoms with Crippen LogP contribution in [0.1, 0.15) is 18.9 Å². The number of hydrogen-bond acceptors (Lipinski definition) is 5. The highest BCUT2D eigenvalue weighted by atomic mass is 32.2. The van der Waals surface area contributed by atoms with Gasteiger partial charge in [0.2, 0.25) is 0 Å². The van der Waals surface area contributed by atoms with Gasteiger partial charge in [0.15, 0.2) is 0 Å². The summed E-state index contributed by atoms with van der Waals surface area (Å²) in [5, 5.41) is 10.3. The molecular formula is C11H19N3S2. The van der Waals surface area contributed by atoms with E-state index in [1.54, 1.807) is 11.3 Å². The minimum Gasteiger partial charge on any atom is -0.311 e. The van der Waals surface area contributed by atoms with E-state index in [0.29, 0.717) is 6.04 Å². The summed E-state index contributed by atoms with van der Waals surface area (Å²) in [5.74, 6) is 2.45. The topological polar surface area (TPSA) is 37.0 Å². The summed E-state index contributed by atoms with van der Waals surface area (Å²) in [6.07, 6.45) is 1.87. The summed E-state index contributed by atoms with van der Waals surface area (Å²) in [6.45, 7) is 6.54. The Morgan fingerprint density at radius 1 is 1.62 bits per heavy atom. The summed E-state index contributed by atoms with van der Waals surface area (Å²) in [4.78, 5) is 4.38. The predicted octanol–water partition coefficient (Wildman–Crippen LogP) is 1.67. The molecule has 0 aliphatic carbocycles. The Morgan fingerprint density at radius 2 is 2.50 bits per heavy atom. The van der Waals surface area contributed by atoms with Crippen LogP contribution in [-0.4, -0.2) is 35.6 Å². The van der Waals surface area contributed by atoms with E-state index in [-0.39, 0.29) is 5.54 Å². The van der Waals surface area contributed by atoms with Crippen LogP contribution >= 0.6 is 23.1 Å². The fourth-order valence-corrected chi connectivity index (χ4v) is 3.43. The van der Waals surface area contributed by atoms with Crippen molar-refractivity contribution in [2.24, 2.45) is 0 Å². The van der Waals surface area contributed by atoms with Crippen LogP contribution < -0.4 is 10.6 Å². The first-order chi connectivity index (χ1) is 7.68. The molecule has 1 aromatic rings. The highest BCUT2D eigenvalue weighted by Crippen LogP contribution is 2.22. The lowest BCUT2D eigenvalue weighted by molar-refractivity contribution is 0.372. The SMILES string of the molecule is CC(C)(NCC1CSCCN1)c1nccs1. The van der Waals surface area contributed by atoms with Crippen LogP contribution in [0.2, 0.25) is 0 Å². The molecule has 1 aromatic heterocycles. The van der Waals surface area contributed by atoms with Crippen LogP contribution in [0.15, 0.2) is 11.6 Å². The third-order valence-corrected chi connectivity index (χ3v) is 4.98. The maximum absolute atomic E-state index is 4.38. The predicted molar refractivity (Wildman–Crippen MR) is 72.3 cm³/mol.